The second-order valence-corrected chi connectivity index (χ2v) is 5.49. The summed E-state index contributed by atoms with van der Waals surface area (Å²) in [7, 11) is 2.93. The van der Waals surface area contributed by atoms with Crippen molar-refractivity contribution in [1.82, 2.24) is 10.2 Å². The number of benzene rings is 1. The highest BCUT2D eigenvalue weighted by Gasteiger charge is 2.32. The molecule has 0 aromatic heterocycles. The minimum atomic E-state index is -0.587. The molecule has 1 saturated heterocycles. The minimum absolute atomic E-state index is 0.0421. The van der Waals surface area contributed by atoms with E-state index in [0.29, 0.717) is 17.1 Å². The third-order valence-corrected chi connectivity index (χ3v) is 4.02. The summed E-state index contributed by atoms with van der Waals surface area (Å²) in [4.78, 5) is 25.9. The summed E-state index contributed by atoms with van der Waals surface area (Å²) in [5.41, 5.74) is 0.360. The molecule has 1 aromatic rings. The number of nitrogens with one attached hydrogen (secondary N) is 1. The average Bonchev–Trinajstić information content (AvgIpc) is 2.56. The Morgan fingerprint density at radius 3 is 2.62 bits per heavy atom. The molecule has 0 bridgehead atoms. The van der Waals surface area contributed by atoms with Gasteiger partial charge < -0.3 is 9.47 Å². The molecular weight excluding hydrogens is 352 g/mol. The molecule has 0 spiro atoms. The molecule has 8 heteroatoms. The SMILES string of the molecule is C=CCN1C(=O)/C(=C/c2ccc(OC)c(OC)c2Cl)C(=O)NC1=S. The number of halogens is 1. The van der Waals surface area contributed by atoms with E-state index in [4.69, 9.17) is 33.3 Å². The number of ether oxygens (including phenoxy) is 2. The summed E-state index contributed by atoms with van der Waals surface area (Å²) in [6.45, 7) is 3.76. The van der Waals surface area contributed by atoms with Crippen LogP contribution in [0.2, 0.25) is 5.02 Å². The molecule has 1 fully saturated rings. The lowest BCUT2D eigenvalue weighted by Gasteiger charge is -2.27. The molecule has 0 radical (unpaired) electrons. The van der Waals surface area contributed by atoms with Gasteiger partial charge in [0.1, 0.15) is 5.57 Å². The summed E-state index contributed by atoms with van der Waals surface area (Å²) in [6, 6.07) is 3.26. The Hall–Kier alpha value is -2.38. The van der Waals surface area contributed by atoms with Crippen LogP contribution in [0.25, 0.3) is 6.08 Å². The van der Waals surface area contributed by atoms with E-state index in [9.17, 15) is 9.59 Å². The van der Waals surface area contributed by atoms with E-state index >= 15 is 0 Å². The predicted molar refractivity (Wildman–Crippen MR) is 95.2 cm³/mol. The molecule has 0 unspecified atom stereocenters. The van der Waals surface area contributed by atoms with E-state index in [2.05, 4.69) is 11.9 Å². The summed E-state index contributed by atoms with van der Waals surface area (Å²) < 4.78 is 10.4. The van der Waals surface area contributed by atoms with Crippen molar-refractivity contribution in [3.8, 4) is 11.5 Å². The number of rotatable bonds is 5. The number of thiocarbonyl (C=S) groups is 1. The summed E-state index contributed by atoms with van der Waals surface area (Å²) >= 11 is 11.3. The first-order chi connectivity index (χ1) is 11.4. The molecule has 24 heavy (non-hydrogen) atoms. The van der Waals surface area contributed by atoms with Gasteiger partial charge in [-0.25, -0.2) is 0 Å². The van der Waals surface area contributed by atoms with E-state index < -0.39 is 11.8 Å². The van der Waals surface area contributed by atoms with Gasteiger partial charge in [-0.3, -0.25) is 19.8 Å². The Kier molecular flexibility index (Phi) is 5.58. The van der Waals surface area contributed by atoms with Crippen LogP contribution in [-0.2, 0) is 9.59 Å². The van der Waals surface area contributed by atoms with Crippen molar-refractivity contribution in [3.63, 3.8) is 0 Å². The number of amides is 2. The minimum Gasteiger partial charge on any atom is -0.493 e. The van der Waals surface area contributed by atoms with Crippen molar-refractivity contribution in [3.05, 3.63) is 40.9 Å². The Balaban J connectivity index is 2.49. The Morgan fingerprint density at radius 1 is 1.33 bits per heavy atom. The molecule has 2 rings (SSSR count). The van der Waals surface area contributed by atoms with Crippen LogP contribution in [0, 0.1) is 0 Å². The molecule has 6 nitrogen and oxygen atoms in total. The van der Waals surface area contributed by atoms with Crippen LogP contribution in [0.15, 0.2) is 30.4 Å². The average molecular weight is 367 g/mol. The van der Waals surface area contributed by atoms with Gasteiger partial charge in [-0.05, 0) is 36.0 Å². The van der Waals surface area contributed by atoms with Gasteiger partial charge in [-0.1, -0.05) is 17.7 Å². The number of methoxy groups -OCH3 is 2. The normalized spacial score (nSPS) is 16.2. The van der Waals surface area contributed by atoms with Gasteiger partial charge in [-0.2, -0.15) is 0 Å². The fourth-order valence-electron chi connectivity index (χ4n) is 2.16. The highest BCUT2D eigenvalue weighted by Crippen LogP contribution is 2.38. The number of carbonyl (C=O) groups is 2. The van der Waals surface area contributed by atoms with Gasteiger partial charge in [-0.15, -0.1) is 6.58 Å². The second kappa shape index (κ2) is 7.46. The van der Waals surface area contributed by atoms with Gasteiger partial charge in [0.15, 0.2) is 16.6 Å². The van der Waals surface area contributed by atoms with Gasteiger partial charge in [0.2, 0.25) is 0 Å². The molecule has 1 heterocycles. The first-order valence-electron chi connectivity index (χ1n) is 6.84. The van der Waals surface area contributed by atoms with Crippen LogP contribution in [0.3, 0.4) is 0 Å². The van der Waals surface area contributed by atoms with Crippen molar-refractivity contribution < 1.29 is 19.1 Å². The third-order valence-electron chi connectivity index (χ3n) is 3.31. The first kappa shape index (κ1) is 18.0. The quantitative estimate of drug-likeness (QED) is 0.374. The number of nitrogens with zero attached hydrogens (tertiary/aromatic N) is 1. The molecule has 1 N–H and O–H groups in total. The van der Waals surface area contributed by atoms with Crippen LogP contribution in [0.5, 0.6) is 11.5 Å². The lowest BCUT2D eigenvalue weighted by Crippen LogP contribution is -2.53. The van der Waals surface area contributed by atoms with Gasteiger partial charge in [0, 0.05) is 6.54 Å². The Labute approximate surface area is 149 Å². The lowest BCUT2D eigenvalue weighted by atomic mass is 10.1. The monoisotopic (exact) mass is 366 g/mol. The second-order valence-electron chi connectivity index (χ2n) is 4.73. The highest BCUT2D eigenvalue weighted by atomic mass is 35.5. The predicted octanol–water partition coefficient (Wildman–Crippen LogP) is 2.17. The lowest BCUT2D eigenvalue weighted by molar-refractivity contribution is -0.128. The van der Waals surface area contributed by atoms with Crippen LogP contribution in [0.1, 0.15) is 5.56 Å². The van der Waals surface area contributed by atoms with Crippen LogP contribution in [-0.4, -0.2) is 42.6 Å². The van der Waals surface area contributed by atoms with Gasteiger partial charge >= 0.3 is 0 Å². The van der Waals surface area contributed by atoms with Gasteiger partial charge in [0.05, 0.1) is 19.2 Å². The van der Waals surface area contributed by atoms with Gasteiger partial charge in [0.25, 0.3) is 11.8 Å². The first-order valence-corrected chi connectivity index (χ1v) is 7.63. The van der Waals surface area contributed by atoms with E-state index in [-0.39, 0.29) is 22.3 Å². The van der Waals surface area contributed by atoms with Crippen LogP contribution >= 0.6 is 23.8 Å². The van der Waals surface area contributed by atoms with E-state index in [1.54, 1.807) is 12.1 Å². The summed E-state index contributed by atoms with van der Waals surface area (Å²) in [5, 5.41) is 2.74. The topological polar surface area (TPSA) is 67.9 Å². The highest BCUT2D eigenvalue weighted by molar-refractivity contribution is 7.80. The molecule has 2 amide bonds. The van der Waals surface area contributed by atoms with Crippen molar-refractivity contribution in [2.75, 3.05) is 20.8 Å². The molecule has 0 atom stereocenters. The number of hydrogen-bond donors (Lipinski definition) is 1. The smallest absolute Gasteiger partial charge is 0.265 e. The molecule has 1 aliphatic rings. The molecule has 0 saturated carbocycles. The zero-order valence-electron chi connectivity index (χ0n) is 13.1. The largest absolute Gasteiger partial charge is 0.493 e. The maximum Gasteiger partial charge on any atom is 0.265 e. The zero-order valence-corrected chi connectivity index (χ0v) is 14.7. The molecule has 0 aliphatic carbocycles. The number of hydrogen-bond acceptors (Lipinski definition) is 5. The Bertz CT molecular complexity index is 761. The van der Waals surface area contributed by atoms with E-state index in [1.807, 2.05) is 0 Å². The van der Waals surface area contributed by atoms with E-state index in [1.165, 1.54) is 31.3 Å². The van der Waals surface area contributed by atoms with Crippen molar-refractivity contribution in [2.24, 2.45) is 0 Å². The third kappa shape index (κ3) is 3.27. The fraction of sp³-hybridized carbons (Fsp3) is 0.188. The molecule has 1 aromatic carbocycles. The van der Waals surface area contributed by atoms with Crippen molar-refractivity contribution in [2.45, 2.75) is 0 Å². The maximum absolute atomic E-state index is 12.5. The number of carbonyl (C=O) groups excluding carboxylic acids is 2. The van der Waals surface area contributed by atoms with Crippen molar-refractivity contribution >= 4 is 46.8 Å². The molecule has 126 valence electrons. The molecule has 1 aliphatic heterocycles. The summed E-state index contributed by atoms with van der Waals surface area (Å²) in [5.74, 6) is -0.347. The maximum atomic E-state index is 12.5. The molecular formula is C16H15ClN2O4S. The summed E-state index contributed by atoms with van der Waals surface area (Å²) in [6.07, 6.45) is 2.91. The van der Waals surface area contributed by atoms with E-state index in [0.717, 1.165) is 0 Å². The fourth-order valence-corrected chi connectivity index (χ4v) is 2.70. The van der Waals surface area contributed by atoms with Crippen molar-refractivity contribution in [1.29, 1.82) is 0 Å². The Morgan fingerprint density at radius 2 is 2.04 bits per heavy atom. The van der Waals surface area contributed by atoms with Crippen LogP contribution in [0.4, 0.5) is 0 Å². The van der Waals surface area contributed by atoms with Crippen LogP contribution < -0.4 is 14.8 Å². The zero-order chi connectivity index (χ0) is 17.9. The standard InChI is InChI=1S/C16H15ClN2O4S/c1-4-7-19-15(21)10(14(20)18-16(19)24)8-9-5-6-11(22-2)13(23-3)12(9)17/h4-6,8H,1,7H2,2-3H3,(H,18,20,24)/b10-8+.